The summed E-state index contributed by atoms with van der Waals surface area (Å²) in [6.45, 7) is 0. The van der Waals surface area contributed by atoms with Gasteiger partial charge in [0.25, 0.3) is 0 Å². The molecule has 0 amide bonds. The molecular weight excluding hydrogens is 202 g/mol. The van der Waals surface area contributed by atoms with Crippen molar-refractivity contribution < 1.29 is 0 Å². The first-order valence-corrected chi connectivity index (χ1v) is 4.84. The Hall–Kier alpha value is -2.35. The smallest absolute Gasteiger partial charge is 0.224 e. The average Bonchev–Trinajstić information content (AvgIpc) is 2.70. The van der Waals surface area contributed by atoms with Crippen molar-refractivity contribution in [3.63, 3.8) is 0 Å². The largest absolute Gasteiger partial charge is 0.357 e. The second-order valence-electron chi connectivity index (χ2n) is 3.35. The lowest BCUT2D eigenvalue weighted by molar-refractivity contribution is 0.925. The molecule has 0 fully saturated rings. The Balaban J connectivity index is 2.51. The molecule has 5 heteroatoms. The van der Waals surface area contributed by atoms with E-state index in [1.807, 2.05) is 23.7 Å². The minimum Gasteiger partial charge on any atom is -0.357 e. The minimum absolute atomic E-state index is 0.617. The SMILES string of the molecule is CNc1nnc(-c2cccc(C#N)c2)n1C. The molecule has 0 saturated carbocycles. The summed E-state index contributed by atoms with van der Waals surface area (Å²) >= 11 is 0. The third kappa shape index (κ3) is 1.61. The van der Waals surface area contributed by atoms with Crippen LogP contribution in [0.5, 0.6) is 0 Å². The maximum atomic E-state index is 8.82. The molecule has 0 aliphatic rings. The number of rotatable bonds is 2. The molecule has 5 nitrogen and oxygen atoms in total. The number of hydrogen-bond acceptors (Lipinski definition) is 4. The zero-order valence-electron chi connectivity index (χ0n) is 9.10. The molecule has 0 bridgehead atoms. The highest BCUT2D eigenvalue weighted by Crippen LogP contribution is 2.19. The number of benzene rings is 1. The first-order valence-electron chi connectivity index (χ1n) is 4.84. The van der Waals surface area contributed by atoms with Crippen molar-refractivity contribution in [1.29, 1.82) is 5.26 Å². The van der Waals surface area contributed by atoms with E-state index in [1.54, 1.807) is 19.2 Å². The summed E-state index contributed by atoms with van der Waals surface area (Å²) in [7, 11) is 3.67. The highest BCUT2D eigenvalue weighted by Gasteiger charge is 2.09. The molecule has 0 unspecified atom stereocenters. The predicted molar refractivity (Wildman–Crippen MR) is 60.7 cm³/mol. The molecule has 2 aromatic rings. The van der Waals surface area contributed by atoms with E-state index < -0.39 is 0 Å². The van der Waals surface area contributed by atoms with Crippen LogP contribution in [0.2, 0.25) is 0 Å². The van der Waals surface area contributed by atoms with Crippen molar-refractivity contribution in [3.05, 3.63) is 29.8 Å². The van der Waals surface area contributed by atoms with Crippen molar-refractivity contribution in [2.75, 3.05) is 12.4 Å². The van der Waals surface area contributed by atoms with E-state index in [4.69, 9.17) is 5.26 Å². The zero-order valence-corrected chi connectivity index (χ0v) is 9.10. The Morgan fingerprint density at radius 1 is 1.38 bits per heavy atom. The third-order valence-electron chi connectivity index (χ3n) is 2.35. The fourth-order valence-corrected chi connectivity index (χ4v) is 1.53. The molecule has 0 aliphatic heterocycles. The number of aromatic nitrogens is 3. The highest BCUT2D eigenvalue weighted by molar-refractivity contribution is 5.59. The quantitative estimate of drug-likeness (QED) is 0.818. The van der Waals surface area contributed by atoms with Crippen LogP contribution < -0.4 is 5.32 Å². The van der Waals surface area contributed by atoms with Gasteiger partial charge in [-0.3, -0.25) is 4.57 Å². The van der Waals surface area contributed by atoms with Gasteiger partial charge < -0.3 is 5.32 Å². The average molecular weight is 213 g/mol. The van der Waals surface area contributed by atoms with Gasteiger partial charge in [0.05, 0.1) is 11.6 Å². The number of nitrogens with one attached hydrogen (secondary N) is 1. The van der Waals surface area contributed by atoms with Crippen LogP contribution in [0.25, 0.3) is 11.4 Å². The van der Waals surface area contributed by atoms with Gasteiger partial charge in [-0.25, -0.2) is 0 Å². The summed E-state index contributed by atoms with van der Waals surface area (Å²) in [4.78, 5) is 0. The maximum absolute atomic E-state index is 8.82. The van der Waals surface area contributed by atoms with Crippen LogP contribution in [-0.4, -0.2) is 21.8 Å². The molecule has 0 saturated heterocycles. The van der Waals surface area contributed by atoms with E-state index in [-0.39, 0.29) is 0 Å². The second kappa shape index (κ2) is 4.03. The first kappa shape index (κ1) is 10.2. The van der Waals surface area contributed by atoms with E-state index >= 15 is 0 Å². The Bertz CT molecular complexity index is 550. The number of nitrogens with zero attached hydrogens (tertiary/aromatic N) is 4. The number of nitriles is 1. The van der Waals surface area contributed by atoms with Crippen LogP contribution in [0.4, 0.5) is 5.95 Å². The first-order chi connectivity index (χ1) is 7.76. The molecule has 0 radical (unpaired) electrons. The molecule has 1 aromatic carbocycles. The van der Waals surface area contributed by atoms with Gasteiger partial charge in [0.2, 0.25) is 5.95 Å². The molecule has 80 valence electrons. The Morgan fingerprint density at radius 3 is 2.81 bits per heavy atom. The summed E-state index contributed by atoms with van der Waals surface area (Å²) in [5.74, 6) is 1.43. The Morgan fingerprint density at radius 2 is 2.19 bits per heavy atom. The monoisotopic (exact) mass is 213 g/mol. The van der Waals surface area contributed by atoms with Crippen molar-refractivity contribution in [2.45, 2.75) is 0 Å². The molecule has 2 rings (SSSR count). The van der Waals surface area contributed by atoms with Gasteiger partial charge >= 0.3 is 0 Å². The lowest BCUT2D eigenvalue weighted by Gasteiger charge is -2.03. The van der Waals surface area contributed by atoms with E-state index in [0.29, 0.717) is 11.5 Å². The molecule has 1 N–H and O–H groups in total. The standard InChI is InChI=1S/C11H11N5/c1-13-11-15-14-10(16(11)2)9-5-3-4-8(6-9)7-12/h3-6H,1-2H3,(H,13,15). The molecule has 1 heterocycles. The van der Waals surface area contributed by atoms with Gasteiger partial charge in [-0.2, -0.15) is 5.26 Å². The minimum atomic E-state index is 0.617. The molecule has 16 heavy (non-hydrogen) atoms. The zero-order chi connectivity index (χ0) is 11.5. The number of anilines is 1. The summed E-state index contributed by atoms with van der Waals surface area (Å²) < 4.78 is 1.84. The molecule has 1 aromatic heterocycles. The van der Waals surface area contributed by atoms with Gasteiger partial charge in [-0.15, -0.1) is 10.2 Å². The van der Waals surface area contributed by atoms with Crippen LogP contribution >= 0.6 is 0 Å². The van der Waals surface area contributed by atoms with Gasteiger partial charge in [-0.1, -0.05) is 12.1 Å². The fraction of sp³-hybridized carbons (Fsp3) is 0.182. The molecular formula is C11H11N5. The maximum Gasteiger partial charge on any atom is 0.224 e. The van der Waals surface area contributed by atoms with Crippen LogP contribution in [-0.2, 0) is 7.05 Å². The van der Waals surface area contributed by atoms with Crippen molar-refractivity contribution in [2.24, 2.45) is 7.05 Å². The van der Waals surface area contributed by atoms with Crippen LogP contribution in [0.3, 0.4) is 0 Å². The van der Waals surface area contributed by atoms with Gasteiger partial charge in [0.1, 0.15) is 0 Å². The van der Waals surface area contributed by atoms with Gasteiger partial charge in [0.15, 0.2) is 5.82 Å². The summed E-state index contributed by atoms with van der Waals surface area (Å²) in [5.41, 5.74) is 1.50. The van der Waals surface area contributed by atoms with Crippen molar-refractivity contribution >= 4 is 5.95 Å². The molecule has 0 atom stereocenters. The third-order valence-corrected chi connectivity index (χ3v) is 2.35. The molecule has 0 aliphatic carbocycles. The predicted octanol–water partition coefficient (Wildman–Crippen LogP) is 1.40. The van der Waals surface area contributed by atoms with E-state index in [9.17, 15) is 0 Å². The Labute approximate surface area is 93.4 Å². The fourth-order valence-electron chi connectivity index (χ4n) is 1.53. The van der Waals surface area contributed by atoms with Gasteiger partial charge in [0, 0.05) is 19.7 Å². The lowest BCUT2D eigenvalue weighted by Crippen LogP contribution is -1.99. The highest BCUT2D eigenvalue weighted by atomic mass is 15.3. The summed E-state index contributed by atoms with van der Waals surface area (Å²) in [6.07, 6.45) is 0. The Kier molecular flexibility index (Phi) is 2.56. The molecule has 0 spiro atoms. The summed E-state index contributed by atoms with van der Waals surface area (Å²) in [6, 6.07) is 9.40. The van der Waals surface area contributed by atoms with E-state index in [1.165, 1.54) is 0 Å². The lowest BCUT2D eigenvalue weighted by atomic mass is 10.1. The van der Waals surface area contributed by atoms with Crippen LogP contribution in [0, 0.1) is 11.3 Å². The van der Waals surface area contributed by atoms with Crippen molar-refractivity contribution in [3.8, 4) is 17.5 Å². The van der Waals surface area contributed by atoms with E-state index in [2.05, 4.69) is 21.6 Å². The second-order valence-corrected chi connectivity index (χ2v) is 3.35. The van der Waals surface area contributed by atoms with Crippen molar-refractivity contribution in [1.82, 2.24) is 14.8 Å². The van der Waals surface area contributed by atoms with Gasteiger partial charge in [-0.05, 0) is 12.1 Å². The van der Waals surface area contributed by atoms with E-state index in [0.717, 1.165) is 11.4 Å². The normalized spacial score (nSPS) is 9.81. The summed E-state index contributed by atoms with van der Waals surface area (Å²) in [5, 5.41) is 19.8. The number of hydrogen-bond donors (Lipinski definition) is 1. The van der Waals surface area contributed by atoms with Crippen LogP contribution in [0.1, 0.15) is 5.56 Å². The topological polar surface area (TPSA) is 66.5 Å². The van der Waals surface area contributed by atoms with Crippen LogP contribution in [0.15, 0.2) is 24.3 Å².